The van der Waals surface area contributed by atoms with Crippen molar-refractivity contribution in [2.45, 2.75) is 107 Å². The van der Waals surface area contributed by atoms with Gasteiger partial charge in [0.1, 0.15) is 0 Å². The topological polar surface area (TPSA) is 159 Å². The predicted molar refractivity (Wildman–Crippen MR) is 215 cm³/mol. The van der Waals surface area contributed by atoms with Crippen molar-refractivity contribution in [2.75, 3.05) is 26.4 Å². The average molecular weight is 960 g/mol. The second kappa shape index (κ2) is 20.5. The average Bonchev–Trinajstić information content (AvgIpc) is 3.81. The Morgan fingerprint density at radius 1 is 0.474 bits per heavy atom. The maximum Gasteiger partial charge on any atom is 2.00 e. The Kier molecular flexibility index (Phi) is 16.2. The fourth-order valence-corrected chi connectivity index (χ4v) is 7.17. The van der Waals surface area contributed by atoms with Crippen LogP contribution >= 0.6 is 0 Å². The number of ether oxygens (including phenoxy) is 4. The van der Waals surface area contributed by atoms with Gasteiger partial charge in [0.05, 0.1) is 49.2 Å². The van der Waals surface area contributed by atoms with Gasteiger partial charge in [-0.05, 0) is 103 Å². The molecule has 2 aliphatic rings. The van der Waals surface area contributed by atoms with Crippen molar-refractivity contribution >= 4 is 68.2 Å². The molecule has 3 aromatic heterocycles. The number of carbonyl (C=O) groups is 4. The van der Waals surface area contributed by atoms with E-state index < -0.39 is 0 Å². The Hall–Kier alpha value is -4.83. The van der Waals surface area contributed by atoms with Crippen LogP contribution in [0.25, 0.3) is 44.4 Å². The largest absolute Gasteiger partial charge is 2.00 e. The van der Waals surface area contributed by atoms with Crippen LogP contribution in [0.3, 0.4) is 0 Å². The van der Waals surface area contributed by atoms with Crippen molar-refractivity contribution < 1.29 is 59.2 Å². The molecule has 0 saturated heterocycles. The van der Waals surface area contributed by atoms with E-state index in [0.717, 1.165) is 44.5 Å². The van der Waals surface area contributed by atoms with Crippen molar-refractivity contribution in [3.8, 4) is 0 Å². The summed E-state index contributed by atoms with van der Waals surface area (Å²) in [5.41, 5.74) is 12.5. The first-order valence-electron chi connectivity index (χ1n) is 19.5. The Morgan fingerprint density at radius 3 is 1.12 bits per heavy atom. The number of aryl methyl sites for hydroxylation is 4. The maximum atomic E-state index is 12.6. The molecule has 0 amide bonds. The van der Waals surface area contributed by atoms with E-state index in [2.05, 4.69) is 0 Å². The second-order valence-corrected chi connectivity index (χ2v) is 13.7. The summed E-state index contributed by atoms with van der Waals surface area (Å²) in [7, 11) is 0. The molecule has 0 atom stereocenters. The van der Waals surface area contributed by atoms with Gasteiger partial charge < -0.3 is 28.9 Å². The summed E-state index contributed by atoms with van der Waals surface area (Å²) in [6.45, 7) is 16.2. The minimum absolute atomic E-state index is 0. The van der Waals surface area contributed by atoms with E-state index in [1.807, 2.05) is 52.0 Å². The van der Waals surface area contributed by atoms with Gasteiger partial charge >= 0.3 is 44.9 Å². The molecule has 0 saturated carbocycles. The van der Waals surface area contributed by atoms with E-state index in [4.69, 9.17) is 38.9 Å². The molecule has 8 bridgehead atoms. The standard InChI is InChI=1S/C44H52N4O8.Pt/c1-9-53-41(49)17-13-29-25(5)33-21-34-26(6)31(15-19-43(51)55-11-3)39(46-34)24-40-32(16-20-44(52)56-12-4)28(8)36(48-40)23-38-30(14-18-42(50)54-10-2)27(7)35(47-38)22-37(29)45-33;/h21-24H,9-20H2,1-8H3;/q-2;+2. The minimum atomic E-state index is -0.301. The molecule has 5 rings (SSSR count). The zero-order chi connectivity index (χ0) is 40.5. The van der Waals surface area contributed by atoms with Crippen molar-refractivity contribution in [1.82, 2.24) is 19.9 Å². The molecule has 0 aliphatic carbocycles. The molecule has 0 spiro atoms. The zero-order valence-corrected chi connectivity index (χ0v) is 36.4. The first-order chi connectivity index (χ1) is 26.9. The van der Waals surface area contributed by atoms with Gasteiger partial charge in [0.15, 0.2) is 0 Å². The molecule has 0 N–H and O–H groups in total. The summed E-state index contributed by atoms with van der Waals surface area (Å²) in [5.74, 6) is -1.19. The molecule has 0 aromatic carbocycles. The number of esters is 4. The van der Waals surface area contributed by atoms with E-state index in [0.29, 0.717) is 90.3 Å². The first-order valence-corrected chi connectivity index (χ1v) is 19.5. The Balaban J connectivity index is 0.00000720. The summed E-state index contributed by atoms with van der Waals surface area (Å²) in [5, 5.41) is 0. The summed E-state index contributed by atoms with van der Waals surface area (Å²) in [4.78, 5) is 70.7. The quantitative estimate of drug-likeness (QED) is 0.102. The number of nitrogens with zero attached hydrogens (tertiary/aromatic N) is 4. The smallest absolute Gasteiger partial charge is 0.657 e. The molecule has 3 aromatic rings. The Morgan fingerprint density at radius 2 is 0.772 bits per heavy atom. The fourth-order valence-electron chi connectivity index (χ4n) is 7.17. The molecule has 5 heterocycles. The van der Waals surface area contributed by atoms with E-state index in [1.54, 1.807) is 27.7 Å². The maximum absolute atomic E-state index is 12.6. The SMILES string of the molecule is CCOC(=O)CCC1=C(C)c2cc3[n-]c(cc4nc(cc5[n-]c(cc1n2)c(C)c5CCC(=O)OCC)C(CCC(=O)OCC)=C4C)c(C)c3CCC(=O)OCC.[Pt+2]. The molecular weight excluding hydrogens is 908 g/mol. The van der Waals surface area contributed by atoms with Gasteiger partial charge in [-0.2, -0.15) is 0 Å². The van der Waals surface area contributed by atoms with Crippen LogP contribution in [0.5, 0.6) is 0 Å². The molecule has 13 heteroatoms. The van der Waals surface area contributed by atoms with Crippen LogP contribution in [0.1, 0.15) is 125 Å². The van der Waals surface area contributed by atoms with Crippen molar-refractivity contribution in [3.05, 3.63) is 69.3 Å². The molecule has 0 fully saturated rings. The van der Waals surface area contributed by atoms with Gasteiger partial charge in [-0.25, -0.2) is 9.97 Å². The van der Waals surface area contributed by atoms with Crippen LogP contribution in [-0.4, -0.2) is 60.3 Å². The molecule has 306 valence electrons. The van der Waals surface area contributed by atoms with Gasteiger partial charge in [-0.1, -0.05) is 46.5 Å². The first kappa shape index (κ1) is 44.9. The van der Waals surface area contributed by atoms with Crippen LogP contribution in [-0.2, 0) is 72.0 Å². The van der Waals surface area contributed by atoms with Gasteiger partial charge in [0.2, 0.25) is 0 Å². The molecule has 0 radical (unpaired) electrons. The van der Waals surface area contributed by atoms with Crippen molar-refractivity contribution in [1.29, 1.82) is 0 Å². The molecule has 57 heavy (non-hydrogen) atoms. The zero-order valence-electron chi connectivity index (χ0n) is 34.2. The molecule has 12 nitrogen and oxygen atoms in total. The summed E-state index contributed by atoms with van der Waals surface area (Å²) in [6, 6.07) is 7.74. The second-order valence-electron chi connectivity index (χ2n) is 13.7. The molecule has 0 unspecified atom stereocenters. The Bertz CT molecular complexity index is 2250. The normalized spacial score (nSPS) is 12.4. The third-order valence-electron chi connectivity index (χ3n) is 10.2. The van der Waals surface area contributed by atoms with Crippen LogP contribution in [0.2, 0.25) is 0 Å². The van der Waals surface area contributed by atoms with Crippen molar-refractivity contribution in [3.63, 3.8) is 0 Å². The number of allylic oxidation sites excluding steroid dienone is 4. The number of rotatable bonds is 16. The molecule has 2 aliphatic heterocycles. The van der Waals surface area contributed by atoms with Gasteiger partial charge in [0.25, 0.3) is 0 Å². The van der Waals surface area contributed by atoms with Gasteiger partial charge in [-0.15, -0.1) is 22.1 Å². The van der Waals surface area contributed by atoms with Gasteiger partial charge in [-0.3, -0.25) is 19.2 Å². The predicted octanol–water partition coefficient (Wildman–Crippen LogP) is 7.73. The monoisotopic (exact) mass is 959 g/mol. The number of aromatic nitrogens is 4. The van der Waals surface area contributed by atoms with E-state index in [1.165, 1.54) is 0 Å². The minimum Gasteiger partial charge on any atom is -0.657 e. The van der Waals surface area contributed by atoms with Crippen LogP contribution < -0.4 is 9.97 Å². The van der Waals surface area contributed by atoms with E-state index in [-0.39, 0.29) is 77.2 Å². The summed E-state index contributed by atoms with van der Waals surface area (Å²) >= 11 is 0. The van der Waals surface area contributed by atoms with Crippen LogP contribution in [0.4, 0.5) is 0 Å². The van der Waals surface area contributed by atoms with E-state index in [9.17, 15) is 19.2 Å². The summed E-state index contributed by atoms with van der Waals surface area (Å²) < 4.78 is 21.1. The van der Waals surface area contributed by atoms with Crippen LogP contribution in [0.15, 0.2) is 24.3 Å². The van der Waals surface area contributed by atoms with Crippen molar-refractivity contribution in [2.24, 2.45) is 0 Å². The fraction of sp³-hybridized carbons (Fsp3) is 0.455. The third kappa shape index (κ3) is 10.8. The van der Waals surface area contributed by atoms with Crippen LogP contribution in [0, 0.1) is 13.8 Å². The third-order valence-corrected chi connectivity index (χ3v) is 10.2. The summed E-state index contributed by atoms with van der Waals surface area (Å²) in [6.07, 6.45) is 2.31. The number of carbonyl (C=O) groups excluding carboxylic acids is 4. The number of hydrogen-bond acceptors (Lipinski definition) is 10. The number of fused-ring (bicyclic) bond motifs is 8. The van der Waals surface area contributed by atoms with E-state index >= 15 is 0 Å². The number of hydrogen-bond donors (Lipinski definition) is 0. The Labute approximate surface area is 348 Å². The van der Waals surface area contributed by atoms with Gasteiger partial charge in [0, 0.05) is 25.7 Å². The molecular formula is C44H52N4O8Pt.